The predicted molar refractivity (Wildman–Crippen MR) is 291 cm³/mol. The van der Waals surface area contributed by atoms with Crippen LogP contribution >= 0.6 is 0 Å². The zero-order valence-electron chi connectivity index (χ0n) is 41.6. The molecule has 0 N–H and O–H groups in total. The maximum absolute atomic E-state index is 12.8. The molecule has 1 radical (unpaired) electrons. The summed E-state index contributed by atoms with van der Waals surface area (Å²) in [6, 6.07) is 59.3. The Labute approximate surface area is 427 Å². The van der Waals surface area contributed by atoms with Crippen molar-refractivity contribution < 1.29 is 28.9 Å². The fourth-order valence-electron chi connectivity index (χ4n) is 9.59. The van der Waals surface area contributed by atoms with Gasteiger partial charge in [0.05, 0.1) is 22.4 Å². The van der Waals surface area contributed by atoms with Crippen molar-refractivity contribution >= 4 is 72.2 Å². The Morgan fingerprint density at radius 3 is 2.04 bits per heavy atom. The maximum Gasteiger partial charge on any atom is 0 e. The molecule has 0 aliphatic carbocycles. The average Bonchev–Trinajstić information content (AvgIpc) is 3.91. The summed E-state index contributed by atoms with van der Waals surface area (Å²) in [6.07, 6.45) is 1.83. The first-order chi connectivity index (χ1) is 33.0. The second-order valence-corrected chi connectivity index (χ2v) is 31.7. The van der Waals surface area contributed by atoms with E-state index in [0.29, 0.717) is 0 Å². The third-order valence-corrected chi connectivity index (χ3v) is 17.8. The molecule has 0 bridgehead atoms. The molecule has 11 aromatic rings. The Morgan fingerprint density at radius 2 is 1.36 bits per heavy atom. The van der Waals surface area contributed by atoms with E-state index >= 15 is 0 Å². The summed E-state index contributed by atoms with van der Waals surface area (Å²) in [5.41, 5.74) is 14.0. The molecule has 4 nitrogen and oxygen atoms in total. The molecule has 0 saturated carbocycles. The van der Waals surface area contributed by atoms with Crippen LogP contribution in [0.1, 0.15) is 77.0 Å². The molecule has 3 aromatic heterocycles. The number of nitrogens with zero attached hydrogens (tertiary/aromatic N) is 3. The van der Waals surface area contributed by atoms with E-state index in [-0.39, 0.29) is 43.2 Å². The normalized spacial score (nSPS) is 12.1. The van der Waals surface area contributed by atoms with Crippen molar-refractivity contribution in [3.63, 3.8) is 0 Å². The molecule has 0 saturated heterocycles. The van der Waals surface area contributed by atoms with Gasteiger partial charge in [0, 0.05) is 31.2 Å². The van der Waals surface area contributed by atoms with Crippen LogP contribution in [0.5, 0.6) is 0 Å². The van der Waals surface area contributed by atoms with Gasteiger partial charge in [-0.3, -0.25) is 4.98 Å². The second kappa shape index (κ2) is 19.2. The van der Waals surface area contributed by atoms with E-state index in [4.69, 9.17) is 9.40 Å². The Balaban J connectivity index is 0.000000286. The quantitative estimate of drug-likeness (QED) is 0.0907. The summed E-state index contributed by atoms with van der Waals surface area (Å²) in [5, 5.41) is 7.02. The Bertz CT molecular complexity index is 3680. The topological polar surface area (TPSA) is 43.9 Å². The van der Waals surface area contributed by atoms with Gasteiger partial charge in [0.25, 0.3) is 0 Å². The van der Waals surface area contributed by atoms with Gasteiger partial charge in [-0.25, -0.2) is 0 Å². The fraction of sp³-hybridized carbons (Fsp3) is 0.206. The largest absolute Gasteiger partial charge is 0 e. The van der Waals surface area contributed by atoms with Crippen molar-refractivity contribution in [1.29, 1.82) is 0 Å². The number of hydrogen-bond acceptors (Lipinski definition) is 3. The first kappa shape index (κ1) is 48.8. The Hall–Kier alpha value is -6.18. The summed E-state index contributed by atoms with van der Waals surface area (Å²) < 4.78 is 23.5. The van der Waals surface area contributed by atoms with Gasteiger partial charge in [-0.05, 0) is 103 Å². The monoisotopic (exact) mass is 1160 g/mol. The van der Waals surface area contributed by atoms with Crippen LogP contribution in [0.25, 0.3) is 94.0 Å². The first-order valence-electron chi connectivity index (χ1n) is 24.1. The van der Waals surface area contributed by atoms with Gasteiger partial charge in [-0.2, -0.15) is 0 Å². The van der Waals surface area contributed by atoms with Gasteiger partial charge in [0.2, 0.25) is 0 Å². The third kappa shape index (κ3) is 9.30. The number of benzene rings is 8. The molecule has 0 spiro atoms. The molecule has 0 amide bonds. The van der Waals surface area contributed by atoms with Gasteiger partial charge in [0.1, 0.15) is 5.58 Å². The molecule has 7 heteroatoms. The number of fused-ring (bicyclic) bond motifs is 7. The standard InChI is InChI=1S/C49H43N2O.C14H15FGeN.Ir/c1-29(2)39-26-34(31-21-23-35(24-22-31)49(5,6)7)27-40(30(3)4)46(39)51-44-18-11-10-17-43(44)50-48(51)38-16-12-15-37-42-25-33-20-19-32-13-8-9-14-36(32)41(33)28-45(42)52-47(37)38;1-16(2,3)13-8-9-17-14(10-13)11-4-6-12(15)7-5-11;/h8-15,17-30H,1-7H3;4,6-10H,1-3H3;/q2*-1;. The van der Waals surface area contributed by atoms with Crippen LogP contribution < -0.4 is 4.40 Å². The van der Waals surface area contributed by atoms with Gasteiger partial charge in [-0.15, -0.1) is 18.2 Å². The van der Waals surface area contributed by atoms with Crippen LogP contribution in [-0.2, 0) is 25.5 Å². The number of imidazole rings is 1. The first-order valence-corrected chi connectivity index (χ1v) is 31.5. The fourth-order valence-corrected chi connectivity index (χ4v) is 12.0. The van der Waals surface area contributed by atoms with Gasteiger partial charge >= 0.3 is 104 Å². The van der Waals surface area contributed by atoms with Crippen LogP contribution in [0.2, 0.25) is 17.3 Å². The number of pyridine rings is 1. The molecule has 353 valence electrons. The van der Waals surface area contributed by atoms with E-state index in [1.165, 1.54) is 71.6 Å². The molecular formula is C63H58FGeIrN3O-2. The molecule has 8 aromatic carbocycles. The van der Waals surface area contributed by atoms with E-state index in [9.17, 15) is 4.39 Å². The number of rotatable bonds is 7. The smallest absolute Gasteiger partial charge is 0 e. The van der Waals surface area contributed by atoms with Gasteiger partial charge in [0.15, 0.2) is 0 Å². The van der Waals surface area contributed by atoms with Crippen molar-refractivity contribution in [1.82, 2.24) is 14.5 Å². The van der Waals surface area contributed by atoms with Crippen molar-refractivity contribution in [3.8, 4) is 39.5 Å². The van der Waals surface area contributed by atoms with Gasteiger partial charge in [-0.1, -0.05) is 132 Å². The molecule has 0 atom stereocenters. The Kier molecular flexibility index (Phi) is 13.4. The van der Waals surface area contributed by atoms with Crippen molar-refractivity contribution in [2.45, 2.75) is 83.0 Å². The minimum atomic E-state index is -1.83. The summed E-state index contributed by atoms with van der Waals surface area (Å²) in [5.74, 6) is 8.13. The molecule has 0 aliphatic rings. The minimum Gasteiger partial charge on any atom is 0 e. The van der Waals surface area contributed by atoms with E-state index < -0.39 is 13.3 Å². The van der Waals surface area contributed by atoms with Crippen molar-refractivity contribution in [3.05, 3.63) is 192 Å². The summed E-state index contributed by atoms with van der Waals surface area (Å²) >= 11 is -1.83. The molecule has 11 rings (SSSR count). The second-order valence-electron chi connectivity index (χ2n) is 21.1. The van der Waals surface area contributed by atoms with E-state index in [1.54, 1.807) is 6.07 Å². The summed E-state index contributed by atoms with van der Waals surface area (Å²) in [7, 11) is 0. The van der Waals surface area contributed by atoms with Crippen molar-refractivity contribution in [2.24, 2.45) is 0 Å². The maximum atomic E-state index is 12.8. The number of aromatic nitrogens is 3. The number of para-hydroxylation sites is 2. The number of furan rings is 1. The molecule has 0 aliphatic heterocycles. The average molecular weight is 1160 g/mol. The number of halogens is 1. The van der Waals surface area contributed by atoms with Crippen LogP contribution in [0.4, 0.5) is 4.39 Å². The zero-order chi connectivity index (χ0) is 48.4. The SMILES string of the molecule is CC(C)c1cc(-c2ccc(C(C)(C)C)cc2)cc(C(C)C)c1-n1c(-c2[c-]ccc3c2oc2cc4c(ccc5ccccc54)cc23)nc2ccccc21.[CH3][Ge]([CH3])([CH3])[c]1ccnc(-c2[c-]cc(F)cc2)c1.[Ir]. The van der Waals surface area contributed by atoms with Crippen LogP contribution in [0.3, 0.4) is 0 Å². The van der Waals surface area contributed by atoms with Crippen LogP contribution in [0.15, 0.2) is 162 Å². The predicted octanol–water partition coefficient (Wildman–Crippen LogP) is 17.1. The zero-order valence-corrected chi connectivity index (χ0v) is 46.1. The minimum absolute atomic E-state index is 0. The van der Waals surface area contributed by atoms with Crippen LogP contribution in [0, 0.1) is 17.9 Å². The summed E-state index contributed by atoms with van der Waals surface area (Å²) in [4.78, 5) is 9.69. The van der Waals surface area contributed by atoms with Crippen molar-refractivity contribution in [2.75, 3.05) is 0 Å². The Morgan fingerprint density at radius 1 is 0.657 bits per heavy atom. The van der Waals surface area contributed by atoms with Crippen LogP contribution in [-0.4, -0.2) is 27.8 Å². The van der Waals surface area contributed by atoms with E-state index in [0.717, 1.165) is 55.6 Å². The summed E-state index contributed by atoms with van der Waals surface area (Å²) in [6.45, 7) is 16.0. The number of hydrogen-bond donors (Lipinski definition) is 0. The molecule has 0 unspecified atom stereocenters. The molecular weight excluding hydrogens is 1100 g/mol. The molecule has 3 heterocycles. The molecule has 0 fully saturated rings. The van der Waals surface area contributed by atoms with E-state index in [2.05, 4.69) is 215 Å². The van der Waals surface area contributed by atoms with Gasteiger partial charge < -0.3 is 8.98 Å². The van der Waals surface area contributed by atoms with E-state index in [1.807, 2.05) is 12.3 Å². The molecule has 70 heavy (non-hydrogen) atoms. The third-order valence-electron chi connectivity index (χ3n) is 13.5.